The van der Waals surface area contributed by atoms with E-state index < -0.39 is 0 Å². The Bertz CT molecular complexity index is 535. The lowest BCUT2D eigenvalue weighted by molar-refractivity contribution is -0.120. The molecule has 7 nitrogen and oxygen atoms in total. The minimum Gasteiger partial charge on any atom is -0.339 e. The number of rotatable bonds is 0. The Morgan fingerprint density at radius 3 is 2.25 bits per heavy atom. The second-order valence-corrected chi connectivity index (χ2v) is 3.76. The lowest BCUT2D eigenvalue weighted by Gasteiger charge is -1.98. The number of aromatic nitrogens is 4. The number of nitrogens with one attached hydrogen (secondary N) is 2. The van der Waals surface area contributed by atoms with E-state index in [2.05, 4.69) is 45.6 Å². The second-order valence-electron chi connectivity index (χ2n) is 2.64. The molecule has 0 radical (unpaired) electrons. The first-order valence-electron chi connectivity index (χ1n) is 4.07. The van der Waals surface area contributed by atoms with Crippen LogP contribution in [0.3, 0.4) is 0 Å². The molecule has 2 aromatic heterocycles. The number of thiol groups is 2. The van der Waals surface area contributed by atoms with Gasteiger partial charge in [0.2, 0.25) is 5.91 Å². The number of hydrogen-bond donors (Lipinski definition) is 4. The molecule has 0 bridgehead atoms. The molecule has 0 unspecified atom stereocenters. The summed E-state index contributed by atoms with van der Waals surface area (Å²) in [6, 6.07) is 0. The SMILES string of the molecule is CC(=O)N(S)S.O=c1[nH]cnc2nc[nH]c12. The fraction of sp³-hybridized carbons (Fsp3) is 0.143. The topological polar surface area (TPSA) is 94.7 Å². The Balaban J connectivity index is 0.000000187. The third-order valence-corrected chi connectivity index (χ3v) is 2.07. The molecule has 0 aliphatic carbocycles. The highest BCUT2D eigenvalue weighted by atomic mass is 32.2. The Morgan fingerprint density at radius 1 is 1.31 bits per heavy atom. The van der Waals surface area contributed by atoms with Gasteiger partial charge in [0.15, 0.2) is 11.2 Å². The fourth-order valence-electron chi connectivity index (χ4n) is 0.776. The molecule has 0 aliphatic heterocycles. The van der Waals surface area contributed by atoms with Crippen molar-refractivity contribution in [2.45, 2.75) is 6.92 Å². The molecule has 16 heavy (non-hydrogen) atoms. The van der Waals surface area contributed by atoms with Crippen molar-refractivity contribution in [2.75, 3.05) is 0 Å². The summed E-state index contributed by atoms with van der Waals surface area (Å²) in [5, 5.41) is 0. The lowest BCUT2D eigenvalue weighted by Crippen LogP contribution is -2.05. The largest absolute Gasteiger partial charge is 0.339 e. The van der Waals surface area contributed by atoms with Crippen molar-refractivity contribution in [1.82, 2.24) is 23.6 Å². The average molecular weight is 259 g/mol. The molecule has 86 valence electrons. The summed E-state index contributed by atoms with van der Waals surface area (Å²) in [5.74, 6) is -0.179. The molecule has 0 aliphatic rings. The van der Waals surface area contributed by atoms with Crippen molar-refractivity contribution >= 4 is 42.7 Å². The number of H-pyrrole nitrogens is 2. The zero-order valence-electron chi connectivity index (χ0n) is 8.21. The Hall–Kier alpha value is -1.48. The second kappa shape index (κ2) is 5.56. The van der Waals surface area contributed by atoms with Crippen LogP contribution >= 0.6 is 25.6 Å². The molecule has 2 rings (SSSR count). The Morgan fingerprint density at radius 2 is 1.81 bits per heavy atom. The van der Waals surface area contributed by atoms with Crippen molar-refractivity contribution in [2.24, 2.45) is 0 Å². The van der Waals surface area contributed by atoms with Crippen LogP contribution in [0, 0.1) is 0 Å². The summed E-state index contributed by atoms with van der Waals surface area (Å²) < 4.78 is 0.917. The van der Waals surface area contributed by atoms with Gasteiger partial charge in [-0.3, -0.25) is 9.59 Å². The van der Waals surface area contributed by atoms with E-state index in [-0.39, 0.29) is 11.5 Å². The maximum absolute atomic E-state index is 10.9. The first-order valence-corrected chi connectivity index (χ1v) is 4.87. The van der Waals surface area contributed by atoms with Gasteiger partial charge in [-0.05, 0) is 0 Å². The minimum absolute atomic E-state index is 0.179. The van der Waals surface area contributed by atoms with Crippen LogP contribution in [-0.4, -0.2) is 29.6 Å². The first kappa shape index (κ1) is 12.6. The quantitative estimate of drug-likeness (QED) is 0.507. The predicted molar refractivity (Wildman–Crippen MR) is 65.0 cm³/mol. The maximum atomic E-state index is 10.9. The summed E-state index contributed by atoms with van der Waals surface area (Å²) in [4.78, 5) is 33.5. The van der Waals surface area contributed by atoms with Crippen molar-refractivity contribution in [3.05, 3.63) is 23.0 Å². The van der Waals surface area contributed by atoms with Crippen LogP contribution in [-0.2, 0) is 4.79 Å². The first-order chi connectivity index (χ1) is 7.52. The van der Waals surface area contributed by atoms with Crippen molar-refractivity contribution in [3.8, 4) is 0 Å². The fourth-order valence-corrected chi connectivity index (χ4v) is 0.776. The van der Waals surface area contributed by atoms with Crippen LogP contribution in [0.25, 0.3) is 11.2 Å². The van der Waals surface area contributed by atoms with Crippen LogP contribution in [0.4, 0.5) is 0 Å². The number of amides is 1. The molecule has 0 aromatic carbocycles. The normalized spacial score (nSPS) is 9.44. The summed E-state index contributed by atoms with van der Waals surface area (Å²) in [6.45, 7) is 1.38. The van der Waals surface area contributed by atoms with Gasteiger partial charge in [-0.2, -0.15) is 0 Å². The Kier molecular flexibility index (Phi) is 4.38. The monoisotopic (exact) mass is 259 g/mol. The molecule has 2 aromatic rings. The number of hydrogen-bond acceptors (Lipinski definition) is 6. The smallest absolute Gasteiger partial charge is 0.276 e. The van der Waals surface area contributed by atoms with E-state index in [9.17, 15) is 9.59 Å². The molecule has 0 spiro atoms. The predicted octanol–water partition coefficient (Wildman–Crippen LogP) is 0.171. The van der Waals surface area contributed by atoms with Gasteiger partial charge in [0.25, 0.3) is 5.56 Å². The number of imidazole rings is 1. The third kappa shape index (κ3) is 3.28. The highest BCUT2D eigenvalue weighted by Crippen LogP contribution is 1.94. The zero-order valence-corrected chi connectivity index (χ0v) is 10.00. The van der Waals surface area contributed by atoms with Gasteiger partial charge in [-0.15, -0.1) is 0 Å². The van der Waals surface area contributed by atoms with E-state index in [0.717, 1.165) is 3.71 Å². The summed E-state index contributed by atoms with van der Waals surface area (Å²) in [7, 11) is 0. The summed E-state index contributed by atoms with van der Waals surface area (Å²) >= 11 is 7.08. The zero-order chi connectivity index (χ0) is 12.1. The molecule has 2 heterocycles. The minimum atomic E-state index is -0.192. The van der Waals surface area contributed by atoms with Crippen molar-refractivity contribution < 1.29 is 4.79 Å². The van der Waals surface area contributed by atoms with E-state index in [1.54, 1.807) is 0 Å². The van der Waals surface area contributed by atoms with Gasteiger partial charge >= 0.3 is 0 Å². The van der Waals surface area contributed by atoms with Crippen LogP contribution in [0.15, 0.2) is 17.4 Å². The molecule has 9 heteroatoms. The lowest BCUT2D eigenvalue weighted by atomic mass is 10.6. The van der Waals surface area contributed by atoms with E-state index in [4.69, 9.17) is 0 Å². The molecule has 1 amide bonds. The van der Waals surface area contributed by atoms with Crippen LogP contribution in [0.1, 0.15) is 6.92 Å². The van der Waals surface area contributed by atoms with Crippen molar-refractivity contribution in [3.63, 3.8) is 0 Å². The van der Waals surface area contributed by atoms with Crippen LogP contribution in [0.5, 0.6) is 0 Å². The van der Waals surface area contributed by atoms with E-state index in [1.807, 2.05) is 0 Å². The van der Waals surface area contributed by atoms with Gasteiger partial charge in [-0.25, -0.2) is 13.7 Å². The van der Waals surface area contributed by atoms with Gasteiger partial charge in [0.05, 0.1) is 12.7 Å². The molecule has 0 saturated heterocycles. The average Bonchev–Trinajstić information content (AvgIpc) is 2.68. The number of carbonyl (C=O) groups excluding carboxylic acids is 1. The Labute approximate surface area is 101 Å². The number of carbonyl (C=O) groups is 1. The van der Waals surface area contributed by atoms with Gasteiger partial charge in [0, 0.05) is 6.92 Å². The van der Waals surface area contributed by atoms with Crippen LogP contribution < -0.4 is 5.56 Å². The van der Waals surface area contributed by atoms with E-state index in [1.165, 1.54) is 19.6 Å². The molecular formula is C7H9N5O2S2. The van der Waals surface area contributed by atoms with Crippen LogP contribution in [0.2, 0.25) is 0 Å². The van der Waals surface area contributed by atoms with E-state index >= 15 is 0 Å². The molecular weight excluding hydrogens is 250 g/mol. The van der Waals surface area contributed by atoms with Gasteiger partial charge in [-0.1, -0.05) is 25.6 Å². The standard InChI is InChI=1S/C5H4N4O.C2H5NOS2/c10-5-3-4(7-1-6-3)8-2-9-5;1-2(4)3(5)6/h1-2H,(H2,6,7,8,9,10);5-6H,1H3. The molecule has 0 fully saturated rings. The maximum Gasteiger partial charge on any atom is 0.276 e. The number of aromatic amines is 2. The molecule has 0 atom stereocenters. The molecule has 2 N–H and O–H groups in total. The van der Waals surface area contributed by atoms with Gasteiger partial charge in [0.1, 0.15) is 0 Å². The molecule has 0 saturated carbocycles. The number of nitrogens with zero attached hydrogens (tertiary/aromatic N) is 3. The highest BCUT2D eigenvalue weighted by molar-refractivity contribution is 7.94. The van der Waals surface area contributed by atoms with Gasteiger partial charge < -0.3 is 9.97 Å². The summed E-state index contributed by atoms with van der Waals surface area (Å²) in [5.41, 5.74) is 0.675. The third-order valence-electron chi connectivity index (χ3n) is 1.51. The highest BCUT2D eigenvalue weighted by Gasteiger charge is 1.97. The summed E-state index contributed by atoms with van der Waals surface area (Å²) in [6.07, 6.45) is 2.76. The van der Waals surface area contributed by atoms with E-state index in [0.29, 0.717) is 11.2 Å². The number of fused-ring (bicyclic) bond motifs is 1. The van der Waals surface area contributed by atoms with Crippen molar-refractivity contribution in [1.29, 1.82) is 0 Å².